The fourth-order valence-corrected chi connectivity index (χ4v) is 3.78. The molecule has 1 heterocycles. The minimum Gasteiger partial charge on any atom is -0.493 e. The summed E-state index contributed by atoms with van der Waals surface area (Å²) in [5.74, 6) is 1.67. The van der Waals surface area contributed by atoms with Gasteiger partial charge in [0.05, 0.1) is 24.9 Å². The fourth-order valence-electron chi connectivity index (χ4n) is 2.59. The molecule has 1 aromatic carbocycles. The first-order valence-corrected chi connectivity index (χ1v) is 9.93. The van der Waals surface area contributed by atoms with E-state index in [0.717, 1.165) is 11.4 Å². The van der Waals surface area contributed by atoms with Crippen LogP contribution in [0.4, 0.5) is 0 Å². The molecule has 28 heavy (non-hydrogen) atoms. The summed E-state index contributed by atoms with van der Waals surface area (Å²) in [6.45, 7) is 6.10. The zero-order valence-corrected chi connectivity index (χ0v) is 17.8. The van der Waals surface area contributed by atoms with Crippen LogP contribution in [-0.2, 0) is 6.42 Å². The normalized spacial score (nSPS) is 12.0. The lowest BCUT2D eigenvalue weighted by Gasteiger charge is -2.17. The predicted molar refractivity (Wildman–Crippen MR) is 109 cm³/mol. The van der Waals surface area contributed by atoms with Gasteiger partial charge in [-0.2, -0.15) is 0 Å². The SMILES string of the molecule is COc1cccc(OC)c1OCC(O)CNC(=O)c1sc(CC(C)C)nc1C. The Hall–Kier alpha value is -2.32. The molecule has 0 bridgehead atoms. The molecule has 1 atom stereocenters. The van der Waals surface area contributed by atoms with Crippen molar-refractivity contribution in [3.63, 3.8) is 0 Å². The van der Waals surface area contributed by atoms with Crippen LogP contribution < -0.4 is 19.5 Å². The number of methoxy groups -OCH3 is 2. The maximum Gasteiger partial charge on any atom is 0.263 e. The number of benzene rings is 1. The number of aliphatic hydroxyl groups is 1. The van der Waals surface area contributed by atoms with Gasteiger partial charge in [-0.15, -0.1) is 11.3 Å². The van der Waals surface area contributed by atoms with Crippen molar-refractivity contribution in [2.24, 2.45) is 5.92 Å². The Balaban J connectivity index is 1.90. The minimum atomic E-state index is -0.887. The Bertz CT molecular complexity index is 769. The molecule has 0 spiro atoms. The second-order valence-corrected chi connectivity index (χ2v) is 7.87. The summed E-state index contributed by atoms with van der Waals surface area (Å²) in [6, 6.07) is 5.27. The third-order valence-corrected chi connectivity index (χ3v) is 5.11. The van der Waals surface area contributed by atoms with Gasteiger partial charge in [0.2, 0.25) is 5.75 Å². The number of nitrogens with one attached hydrogen (secondary N) is 1. The first-order chi connectivity index (χ1) is 13.3. The van der Waals surface area contributed by atoms with Crippen molar-refractivity contribution < 1.29 is 24.1 Å². The number of rotatable bonds is 10. The molecule has 7 nitrogen and oxygen atoms in total. The molecule has 0 aliphatic carbocycles. The zero-order valence-electron chi connectivity index (χ0n) is 16.9. The molecule has 0 aliphatic heterocycles. The Morgan fingerprint density at radius 3 is 2.46 bits per heavy atom. The lowest BCUT2D eigenvalue weighted by Crippen LogP contribution is -2.35. The number of hydrogen-bond donors (Lipinski definition) is 2. The van der Waals surface area contributed by atoms with E-state index in [4.69, 9.17) is 14.2 Å². The highest BCUT2D eigenvalue weighted by atomic mass is 32.1. The number of ether oxygens (including phenoxy) is 3. The van der Waals surface area contributed by atoms with E-state index in [1.807, 2.05) is 6.92 Å². The number of thiazole rings is 1. The second-order valence-electron chi connectivity index (χ2n) is 6.79. The van der Waals surface area contributed by atoms with Crippen molar-refractivity contribution in [1.29, 1.82) is 0 Å². The van der Waals surface area contributed by atoms with Crippen molar-refractivity contribution in [1.82, 2.24) is 10.3 Å². The summed E-state index contributed by atoms with van der Waals surface area (Å²) < 4.78 is 16.2. The third kappa shape index (κ3) is 5.84. The van der Waals surface area contributed by atoms with Gasteiger partial charge in [0.1, 0.15) is 17.6 Å². The number of aliphatic hydroxyl groups excluding tert-OH is 1. The Morgan fingerprint density at radius 1 is 1.25 bits per heavy atom. The van der Waals surface area contributed by atoms with Crippen molar-refractivity contribution in [2.75, 3.05) is 27.4 Å². The van der Waals surface area contributed by atoms with E-state index in [2.05, 4.69) is 24.1 Å². The molecular formula is C20H28N2O5S. The van der Waals surface area contributed by atoms with E-state index in [1.165, 1.54) is 25.6 Å². The predicted octanol–water partition coefficient (Wildman–Crippen LogP) is 2.84. The van der Waals surface area contributed by atoms with E-state index < -0.39 is 6.10 Å². The van der Waals surface area contributed by atoms with E-state index in [9.17, 15) is 9.90 Å². The average Bonchev–Trinajstić information content (AvgIpc) is 3.03. The highest BCUT2D eigenvalue weighted by molar-refractivity contribution is 7.13. The van der Waals surface area contributed by atoms with Gasteiger partial charge in [-0.1, -0.05) is 19.9 Å². The number of aryl methyl sites for hydroxylation is 1. The number of carbonyl (C=O) groups excluding carboxylic acids is 1. The molecule has 2 aromatic rings. The summed E-state index contributed by atoms with van der Waals surface area (Å²) in [7, 11) is 3.06. The minimum absolute atomic E-state index is 0.0166. The summed E-state index contributed by atoms with van der Waals surface area (Å²) in [6.07, 6.45) is -0.0439. The standard InChI is InChI=1S/C20H28N2O5S/c1-12(2)9-17-22-13(3)19(28-17)20(24)21-10-14(23)11-27-18-15(25-4)7-6-8-16(18)26-5/h6-8,12,14,23H,9-11H2,1-5H3,(H,21,24). The van der Waals surface area contributed by atoms with Gasteiger partial charge in [0.25, 0.3) is 5.91 Å². The van der Waals surface area contributed by atoms with Crippen molar-refractivity contribution in [3.8, 4) is 17.2 Å². The molecule has 1 unspecified atom stereocenters. The molecule has 0 saturated heterocycles. The lowest BCUT2D eigenvalue weighted by molar-refractivity contribution is 0.0836. The lowest BCUT2D eigenvalue weighted by atomic mass is 10.1. The van der Waals surface area contributed by atoms with Crippen LogP contribution in [0.25, 0.3) is 0 Å². The monoisotopic (exact) mass is 408 g/mol. The molecule has 0 fully saturated rings. The van der Waals surface area contributed by atoms with Crippen LogP contribution in [0, 0.1) is 12.8 Å². The molecule has 154 valence electrons. The first-order valence-electron chi connectivity index (χ1n) is 9.12. The number of hydrogen-bond acceptors (Lipinski definition) is 7. The van der Waals surface area contributed by atoms with E-state index in [1.54, 1.807) is 18.2 Å². The molecule has 8 heteroatoms. The third-order valence-electron chi connectivity index (χ3n) is 3.93. The number of para-hydroxylation sites is 1. The highest BCUT2D eigenvalue weighted by Gasteiger charge is 2.18. The van der Waals surface area contributed by atoms with Gasteiger partial charge in [-0.05, 0) is 25.0 Å². The van der Waals surface area contributed by atoms with Gasteiger partial charge >= 0.3 is 0 Å². The van der Waals surface area contributed by atoms with Crippen LogP contribution in [0.2, 0.25) is 0 Å². The maximum absolute atomic E-state index is 12.4. The molecule has 1 aromatic heterocycles. The molecule has 2 N–H and O–H groups in total. The van der Waals surface area contributed by atoms with Crippen LogP contribution >= 0.6 is 11.3 Å². The largest absolute Gasteiger partial charge is 0.493 e. The fraction of sp³-hybridized carbons (Fsp3) is 0.500. The van der Waals surface area contributed by atoms with Gasteiger partial charge in [-0.3, -0.25) is 4.79 Å². The number of nitrogens with zero attached hydrogens (tertiary/aromatic N) is 1. The van der Waals surface area contributed by atoms with E-state index in [-0.39, 0.29) is 19.1 Å². The van der Waals surface area contributed by atoms with E-state index >= 15 is 0 Å². The molecule has 1 amide bonds. The van der Waals surface area contributed by atoms with Gasteiger partial charge in [0.15, 0.2) is 11.5 Å². The highest BCUT2D eigenvalue weighted by Crippen LogP contribution is 2.36. The summed E-state index contributed by atoms with van der Waals surface area (Å²) in [5, 5.41) is 13.9. The van der Waals surface area contributed by atoms with Crippen LogP contribution in [0.1, 0.15) is 34.2 Å². The van der Waals surface area contributed by atoms with Gasteiger partial charge < -0.3 is 24.6 Å². The van der Waals surface area contributed by atoms with Crippen molar-refractivity contribution in [3.05, 3.63) is 33.8 Å². The van der Waals surface area contributed by atoms with Crippen molar-refractivity contribution >= 4 is 17.2 Å². The van der Waals surface area contributed by atoms with Gasteiger partial charge in [0, 0.05) is 13.0 Å². The molecule has 0 radical (unpaired) electrons. The summed E-state index contributed by atoms with van der Waals surface area (Å²) in [4.78, 5) is 17.4. The van der Waals surface area contributed by atoms with Crippen LogP contribution in [0.5, 0.6) is 17.2 Å². The topological polar surface area (TPSA) is 89.9 Å². The van der Waals surface area contributed by atoms with Crippen LogP contribution in [0.15, 0.2) is 18.2 Å². The molecule has 0 aliphatic rings. The second kappa shape index (κ2) is 10.3. The van der Waals surface area contributed by atoms with E-state index in [0.29, 0.717) is 33.7 Å². The first kappa shape index (κ1) is 22.0. The Labute approximate surface area is 169 Å². The number of carbonyl (C=O) groups is 1. The van der Waals surface area contributed by atoms with Crippen molar-refractivity contribution in [2.45, 2.75) is 33.3 Å². The average molecular weight is 409 g/mol. The summed E-state index contributed by atoms with van der Waals surface area (Å²) in [5.41, 5.74) is 0.711. The molecule has 2 rings (SSSR count). The maximum atomic E-state index is 12.4. The molecule has 0 saturated carbocycles. The zero-order chi connectivity index (χ0) is 20.7. The summed E-state index contributed by atoms with van der Waals surface area (Å²) >= 11 is 1.40. The number of aromatic nitrogens is 1. The smallest absolute Gasteiger partial charge is 0.263 e. The van der Waals surface area contributed by atoms with Crippen LogP contribution in [-0.4, -0.2) is 49.5 Å². The number of amides is 1. The Morgan fingerprint density at radius 2 is 1.89 bits per heavy atom. The molecular weight excluding hydrogens is 380 g/mol. The van der Waals surface area contributed by atoms with Gasteiger partial charge in [-0.25, -0.2) is 4.98 Å². The Kier molecular flexibility index (Phi) is 8.07. The quantitative estimate of drug-likeness (QED) is 0.628. The van der Waals surface area contributed by atoms with Crippen LogP contribution in [0.3, 0.4) is 0 Å².